The molecule has 0 saturated heterocycles. The topological polar surface area (TPSA) is 99.5 Å². The molecular formula is C14H10BrN3O4. The highest BCUT2D eigenvalue weighted by Crippen LogP contribution is 2.43. The first-order valence-corrected chi connectivity index (χ1v) is 6.95. The third-order valence-electron chi connectivity index (χ3n) is 3.25. The van der Waals surface area contributed by atoms with Crippen molar-refractivity contribution in [1.82, 2.24) is 4.57 Å². The number of ether oxygens (including phenoxy) is 3. The molecule has 8 heteroatoms. The van der Waals surface area contributed by atoms with Crippen LogP contribution in [0.1, 0.15) is 16.1 Å². The van der Waals surface area contributed by atoms with Crippen molar-refractivity contribution in [3.05, 3.63) is 34.1 Å². The van der Waals surface area contributed by atoms with Crippen molar-refractivity contribution in [1.29, 1.82) is 5.26 Å². The van der Waals surface area contributed by atoms with Gasteiger partial charge in [0.05, 0.1) is 18.4 Å². The zero-order valence-electron chi connectivity index (χ0n) is 11.4. The quantitative estimate of drug-likeness (QED) is 0.821. The normalized spacial score (nSPS) is 12.0. The van der Waals surface area contributed by atoms with Crippen molar-refractivity contribution in [2.24, 2.45) is 0 Å². The zero-order valence-corrected chi connectivity index (χ0v) is 13.0. The molecule has 0 bridgehead atoms. The van der Waals surface area contributed by atoms with Gasteiger partial charge in [0, 0.05) is 10.7 Å². The number of benzene rings is 1. The number of fused-ring (bicyclic) bond motifs is 1. The standard InChI is InChI=1S/C14H10BrN3O4/c1-20-14(19)12-10(17)7(4-16)5-18(12)11-8(15)2-3-9-13(11)22-6-21-9/h2-3,5H,6,17H2,1H3. The number of esters is 1. The molecule has 1 aliphatic rings. The van der Waals surface area contributed by atoms with E-state index in [0.29, 0.717) is 21.7 Å². The van der Waals surface area contributed by atoms with Gasteiger partial charge in [-0.05, 0) is 28.1 Å². The maximum absolute atomic E-state index is 12.0. The van der Waals surface area contributed by atoms with Crippen LogP contribution in [-0.4, -0.2) is 24.4 Å². The summed E-state index contributed by atoms with van der Waals surface area (Å²) in [5.74, 6) is 0.348. The van der Waals surface area contributed by atoms with Gasteiger partial charge in [-0.3, -0.25) is 0 Å². The Bertz CT molecular complexity index is 822. The van der Waals surface area contributed by atoms with Gasteiger partial charge in [-0.25, -0.2) is 4.79 Å². The minimum atomic E-state index is -0.651. The molecule has 0 spiro atoms. The molecule has 22 heavy (non-hydrogen) atoms. The highest BCUT2D eigenvalue weighted by Gasteiger charge is 2.28. The maximum Gasteiger partial charge on any atom is 0.357 e. The molecule has 0 radical (unpaired) electrons. The fourth-order valence-electron chi connectivity index (χ4n) is 2.25. The van der Waals surface area contributed by atoms with Crippen LogP contribution in [0.15, 0.2) is 22.8 Å². The number of hydrogen-bond donors (Lipinski definition) is 1. The summed E-state index contributed by atoms with van der Waals surface area (Å²) in [7, 11) is 1.25. The van der Waals surface area contributed by atoms with Gasteiger partial charge >= 0.3 is 5.97 Å². The number of halogens is 1. The van der Waals surface area contributed by atoms with Gasteiger partial charge in [0.15, 0.2) is 17.2 Å². The average molecular weight is 364 g/mol. The lowest BCUT2D eigenvalue weighted by molar-refractivity contribution is 0.0593. The highest BCUT2D eigenvalue weighted by molar-refractivity contribution is 9.10. The Kier molecular flexibility index (Phi) is 3.42. The van der Waals surface area contributed by atoms with Gasteiger partial charge in [0.2, 0.25) is 6.79 Å². The first kappa shape index (κ1) is 14.3. The summed E-state index contributed by atoms with van der Waals surface area (Å²) in [6, 6.07) is 5.45. The van der Waals surface area contributed by atoms with E-state index in [1.807, 2.05) is 6.07 Å². The van der Waals surface area contributed by atoms with E-state index in [2.05, 4.69) is 15.9 Å². The van der Waals surface area contributed by atoms with Crippen LogP contribution in [0.4, 0.5) is 5.69 Å². The Morgan fingerprint density at radius 1 is 1.50 bits per heavy atom. The van der Waals surface area contributed by atoms with Crippen LogP contribution in [0.2, 0.25) is 0 Å². The van der Waals surface area contributed by atoms with Gasteiger partial charge < -0.3 is 24.5 Å². The lowest BCUT2D eigenvalue weighted by Gasteiger charge is -2.12. The molecule has 0 saturated carbocycles. The number of aromatic nitrogens is 1. The number of nitriles is 1. The monoisotopic (exact) mass is 363 g/mol. The van der Waals surface area contributed by atoms with Crippen LogP contribution in [0, 0.1) is 11.3 Å². The summed E-state index contributed by atoms with van der Waals surface area (Å²) in [5, 5.41) is 9.16. The Balaban J connectivity index is 2.33. The van der Waals surface area contributed by atoms with Gasteiger partial charge in [-0.2, -0.15) is 5.26 Å². The van der Waals surface area contributed by atoms with E-state index in [4.69, 9.17) is 25.2 Å². The van der Waals surface area contributed by atoms with E-state index in [1.165, 1.54) is 17.9 Å². The minimum absolute atomic E-state index is 0.0535. The fraction of sp³-hybridized carbons (Fsp3) is 0.143. The second-order valence-corrected chi connectivity index (χ2v) is 5.26. The second kappa shape index (κ2) is 5.27. The summed E-state index contributed by atoms with van der Waals surface area (Å²) < 4.78 is 17.7. The van der Waals surface area contributed by atoms with Crippen LogP contribution in [0.25, 0.3) is 5.69 Å². The third-order valence-corrected chi connectivity index (χ3v) is 3.89. The van der Waals surface area contributed by atoms with Crippen molar-refractivity contribution in [2.45, 2.75) is 0 Å². The van der Waals surface area contributed by atoms with Crippen LogP contribution in [-0.2, 0) is 4.74 Å². The molecule has 7 nitrogen and oxygen atoms in total. The first-order chi connectivity index (χ1) is 10.6. The molecule has 0 amide bonds. The number of nitrogen functional groups attached to an aromatic ring is 1. The molecule has 0 aliphatic carbocycles. The summed E-state index contributed by atoms with van der Waals surface area (Å²) in [5.41, 5.74) is 6.69. The zero-order chi connectivity index (χ0) is 15.9. The Morgan fingerprint density at radius 3 is 2.95 bits per heavy atom. The summed E-state index contributed by atoms with van der Waals surface area (Å²) in [6.07, 6.45) is 1.46. The molecule has 0 atom stereocenters. The van der Waals surface area contributed by atoms with Gasteiger partial charge in [0.1, 0.15) is 11.8 Å². The summed E-state index contributed by atoms with van der Waals surface area (Å²) >= 11 is 3.42. The number of anilines is 1. The van der Waals surface area contributed by atoms with Crippen molar-refractivity contribution in [3.8, 4) is 23.3 Å². The molecule has 1 aliphatic heterocycles. The molecule has 1 aromatic carbocycles. The molecule has 2 heterocycles. The lowest BCUT2D eigenvalue weighted by atomic mass is 10.2. The molecule has 112 valence electrons. The predicted octanol–water partition coefficient (Wildman–Crippen LogP) is 2.21. The molecular weight excluding hydrogens is 354 g/mol. The molecule has 1 aromatic heterocycles. The van der Waals surface area contributed by atoms with Crippen molar-refractivity contribution in [2.75, 3.05) is 19.6 Å². The lowest BCUT2D eigenvalue weighted by Crippen LogP contribution is -2.12. The van der Waals surface area contributed by atoms with Gasteiger partial charge in [0.25, 0.3) is 0 Å². The smallest absolute Gasteiger partial charge is 0.357 e. The Hall–Kier alpha value is -2.66. The van der Waals surface area contributed by atoms with E-state index in [9.17, 15) is 4.79 Å². The summed E-state index contributed by atoms with van der Waals surface area (Å²) in [6.45, 7) is 0.0776. The van der Waals surface area contributed by atoms with Crippen molar-refractivity contribution in [3.63, 3.8) is 0 Å². The van der Waals surface area contributed by atoms with E-state index < -0.39 is 5.97 Å². The number of carbonyl (C=O) groups excluding carboxylic acids is 1. The Morgan fingerprint density at radius 2 is 2.27 bits per heavy atom. The van der Waals surface area contributed by atoms with Gasteiger partial charge in [-0.1, -0.05) is 0 Å². The van der Waals surface area contributed by atoms with E-state index in [0.717, 1.165) is 0 Å². The number of nitrogens with two attached hydrogens (primary N) is 1. The van der Waals surface area contributed by atoms with Gasteiger partial charge in [-0.15, -0.1) is 0 Å². The van der Waals surface area contributed by atoms with Crippen LogP contribution >= 0.6 is 15.9 Å². The van der Waals surface area contributed by atoms with Crippen molar-refractivity contribution < 1.29 is 19.0 Å². The van der Waals surface area contributed by atoms with E-state index >= 15 is 0 Å². The highest BCUT2D eigenvalue weighted by atomic mass is 79.9. The Labute approximate surface area is 133 Å². The molecule has 3 rings (SSSR count). The van der Waals surface area contributed by atoms with E-state index in [1.54, 1.807) is 12.1 Å². The molecule has 0 unspecified atom stereocenters. The third kappa shape index (κ3) is 1.98. The number of carbonyl (C=O) groups is 1. The predicted molar refractivity (Wildman–Crippen MR) is 80.1 cm³/mol. The molecule has 2 aromatic rings. The molecule has 0 fully saturated rings. The van der Waals surface area contributed by atoms with E-state index in [-0.39, 0.29) is 23.7 Å². The second-order valence-electron chi connectivity index (χ2n) is 4.41. The minimum Gasteiger partial charge on any atom is -0.464 e. The number of nitrogens with zero attached hydrogens (tertiary/aromatic N) is 2. The van der Waals surface area contributed by atoms with Crippen molar-refractivity contribution >= 4 is 27.6 Å². The fourth-order valence-corrected chi connectivity index (χ4v) is 2.75. The number of hydrogen-bond acceptors (Lipinski definition) is 6. The largest absolute Gasteiger partial charge is 0.464 e. The van der Waals surface area contributed by atoms with Crippen LogP contribution in [0.5, 0.6) is 11.5 Å². The average Bonchev–Trinajstić information content (AvgIpc) is 3.10. The number of methoxy groups -OCH3 is 1. The van der Waals surface area contributed by atoms with Crippen LogP contribution < -0.4 is 15.2 Å². The SMILES string of the molecule is COC(=O)c1c(N)c(C#N)cn1-c1c(Br)ccc2c1OCO2. The van der Waals surface area contributed by atoms with Crippen LogP contribution in [0.3, 0.4) is 0 Å². The number of rotatable bonds is 2. The molecule has 2 N–H and O–H groups in total. The maximum atomic E-state index is 12.0. The first-order valence-electron chi connectivity index (χ1n) is 6.16. The summed E-state index contributed by atoms with van der Waals surface area (Å²) in [4.78, 5) is 12.0.